The van der Waals surface area contributed by atoms with Crippen LogP contribution in [0.3, 0.4) is 0 Å². The molecule has 1 heterocycles. The first kappa shape index (κ1) is 13.1. The summed E-state index contributed by atoms with van der Waals surface area (Å²) in [5, 5.41) is 7.00. The van der Waals surface area contributed by atoms with Gasteiger partial charge in [-0.3, -0.25) is 0 Å². The molecule has 3 heteroatoms. The van der Waals surface area contributed by atoms with Gasteiger partial charge in [-0.05, 0) is 37.9 Å². The van der Waals surface area contributed by atoms with Gasteiger partial charge in [0.2, 0.25) is 0 Å². The molecule has 0 amide bonds. The van der Waals surface area contributed by atoms with Crippen molar-refractivity contribution < 1.29 is 0 Å². The smallest absolute Gasteiger partial charge is 0.0735 e. The van der Waals surface area contributed by atoms with Gasteiger partial charge in [-0.25, -0.2) is 0 Å². The van der Waals surface area contributed by atoms with Crippen LogP contribution in [0.25, 0.3) is 10.9 Å². The van der Waals surface area contributed by atoms with Gasteiger partial charge in [0.15, 0.2) is 0 Å². The minimum absolute atomic E-state index is 0.723. The van der Waals surface area contributed by atoms with E-state index in [2.05, 4.69) is 47.6 Å². The van der Waals surface area contributed by atoms with Crippen molar-refractivity contribution in [2.24, 2.45) is 0 Å². The number of thioether (sulfide) groups is 1. The summed E-state index contributed by atoms with van der Waals surface area (Å²) in [6, 6.07) is 11.5. The van der Waals surface area contributed by atoms with Crippen LogP contribution in [0, 0.1) is 0 Å². The molecule has 2 N–H and O–H groups in total. The summed E-state index contributed by atoms with van der Waals surface area (Å²) in [5.74, 6) is 0. The third-order valence-electron chi connectivity index (χ3n) is 3.92. The largest absolute Gasteiger partial charge is 0.350 e. The molecule has 1 saturated carbocycles. The van der Waals surface area contributed by atoms with Gasteiger partial charge in [-0.2, -0.15) is 0 Å². The molecule has 2 unspecified atom stereocenters. The van der Waals surface area contributed by atoms with Crippen LogP contribution in [0.5, 0.6) is 0 Å². The van der Waals surface area contributed by atoms with Crippen molar-refractivity contribution in [3.8, 4) is 0 Å². The predicted octanol–water partition coefficient (Wildman–Crippen LogP) is 4.18. The molecule has 0 bridgehead atoms. The fourth-order valence-corrected chi connectivity index (χ4v) is 4.35. The molecule has 2 nitrogen and oxygen atoms in total. The molecule has 3 rings (SSSR count). The van der Waals surface area contributed by atoms with Gasteiger partial charge in [0.1, 0.15) is 0 Å². The lowest BCUT2D eigenvalue weighted by atomic mass is 9.95. The van der Waals surface area contributed by atoms with Gasteiger partial charge in [0, 0.05) is 22.2 Å². The first-order chi connectivity index (χ1) is 9.35. The Balaban J connectivity index is 1.67. The maximum absolute atomic E-state index is 3.60. The van der Waals surface area contributed by atoms with Crippen LogP contribution in [-0.4, -0.2) is 22.8 Å². The Kier molecular flexibility index (Phi) is 4.14. The second-order valence-electron chi connectivity index (χ2n) is 5.38. The number of fused-ring (bicyclic) bond motifs is 1. The van der Waals surface area contributed by atoms with E-state index in [4.69, 9.17) is 0 Å². The van der Waals surface area contributed by atoms with Crippen molar-refractivity contribution in [1.29, 1.82) is 0 Å². The van der Waals surface area contributed by atoms with E-state index in [0.717, 1.165) is 17.8 Å². The van der Waals surface area contributed by atoms with E-state index >= 15 is 0 Å². The van der Waals surface area contributed by atoms with E-state index in [1.165, 1.54) is 41.6 Å². The number of H-pyrrole nitrogens is 1. The Hall–Kier alpha value is -0.930. The number of rotatable bonds is 4. The van der Waals surface area contributed by atoms with Crippen LogP contribution in [0.4, 0.5) is 0 Å². The first-order valence-electron chi connectivity index (χ1n) is 7.33. The molecule has 1 aromatic heterocycles. The number of aromatic nitrogens is 1. The predicted molar refractivity (Wildman–Crippen MR) is 83.9 cm³/mol. The number of benzene rings is 1. The Bertz CT molecular complexity index is 499. The molecule has 2 aromatic rings. The summed E-state index contributed by atoms with van der Waals surface area (Å²) >= 11 is 2.02. The zero-order valence-corrected chi connectivity index (χ0v) is 12.3. The molecule has 1 aliphatic carbocycles. The molecule has 1 aromatic carbocycles. The average molecular weight is 274 g/mol. The van der Waals surface area contributed by atoms with Gasteiger partial charge >= 0.3 is 0 Å². The van der Waals surface area contributed by atoms with Crippen molar-refractivity contribution in [3.63, 3.8) is 0 Å². The number of aromatic amines is 1. The molecule has 102 valence electrons. The summed E-state index contributed by atoms with van der Waals surface area (Å²) < 4.78 is 0. The normalized spacial score (nSPS) is 23.8. The molecule has 1 aliphatic rings. The highest BCUT2D eigenvalue weighted by molar-refractivity contribution is 7.99. The fraction of sp³-hybridized carbons (Fsp3) is 0.500. The van der Waals surface area contributed by atoms with Crippen molar-refractivity contribution in [3.05, 3.63) is 30.3 Å². The zero-order valence-electron chi connectivity index (χ0n) is 11.5. The van der Waals surface area contributed by atoms with Gasteiger partial charge < -0.3 is 10.3 Å². The Morgan fingerprint density at radius 1 is 1.32 bits per heavy atom. The van der Waals surface area contributed by atoms with E-state index in [1.807, 2.05) is 11.8 Å². The lowest BCUT2D eigenvalue weighted by molar-refractivity contribution is 0.387. The van der Waals surface area contributed by atoms with Gasteiger partial charge in [0.05, 0.1) is 5.03 Å². The highest BCUT2D eigenvalue weighted by atomic mass is 32.2. The summed E-state index contributed by atoms with van der Waals surface area (Å²) in [5.41, 5.74) is 1.25. The molecule has 1 fully saturated rings. The van der Waals surface area contributed by atoms with E-state index in [-0.39, 0.29) is 0 Å². The summed E-state index contributed by atoms with van der Waals surface area (Å²) in [6.07, 6.45) is 5.35. The van der Waals surface area contributed by atoms with Crippen molar-refractivity contribution in [2.45, 2.75) is 48.9 Å². The van der Waals surface area contributed by atoms with Crippen molar-refractivity contribution >= 4 is 22.7 Å². The lowest BCUT2D eigenvalue weighted by Crippen LogP contribution is -2.34. The monoisotopic (exact) mass is 274 g/mol. The van der Waals surface area contributed by atoms with E-state index in [0.29, 0.717) is 0 Å². The molecular formula is C16H22N2S. The SMILES string of the molecule is CCNC1CCCC(Sc2cc3ccccc3[nH]2)C1. The minimum atomic E-state index is 0.723. The van der Waals surface area contributed by atoms with E-state index in [9.17, 15) is 0 Å². The van der Waals surface area contributed by atoms with E-state index in [1.54, 1.807) is 0 Å². The van der Waals surface area contributed by atoms with Gasteiger partial charge in [-0.1, -0.05) is 31.5 Å². The standard InChI is InChI=1S/C16H22N2S/c1-2-17-13-7-5-8-14(11-13)19-16-10-12-6-3-4-9-15(12)18-16/h3-4,6,9-10,13-14,17-18H,2,5,7-8,11H2,1H3. The van der Waals surface area contributed by atoms with Crippen LogP contribution in [0.15, 0.2) is 35.4 Å². The quantitative estimate of drug-likeness (QED) is 0.875. The highest BCUT2D eigenvalue weighted by Gasteiger charge is 2.22. The zero-order chi connectivity index (χ0) is 13.1. The molecule has 19 heavy (non-hydrogen) atoms. The summed E-state index contributed by atoms with van der Waals surface area (Å²) in [7, 11) is 0. The summed E-state index contributed by atoms with van der Waals surface area (Å²) in [4.78, 5) is 3.53. The van der Waals surface area contributed by atoms with Crippen LogP contribution in [-0.2, 0) is 0 Å². The molecule has 0 aliphatic heterocycles. The maximum Gasteiger partial charge on any atom is 0.0735 e. The maximum atomic E-state index is 3.60. The lowest BCUT2D eigenvalue weighted by Gasteiger charge is -2.28. The molecule has 2 atom stereocenters. The molecule has 0 spiro atoms. The van der Waals surface area contributed by atoms with E-state index < -0.39 is 0 Å². The number of para-hydroxylation sites is 1. The molecule has 0 saturated heterocycles. The minimum Gasteiger partial charge on any atom is -0.350 e. The topological polar surface area (TPSA) is 27.8 Å². The second-order valence-corrected chi connectivity index (χ2v) is 6.72. The Morgan fingerprint density at radius 3 is 3.05 bits per heavy atom. The highest BCUT2D eigenvalue weighted by Crippen LogP contribution is 2.34. The van der Waals surface area contributed by atoms with Crippen molar-refractivity contribution in [2.75, 3.05) is 6.54 Å². The second kappa shape index (κ2) is 6.02. The summed E-state index contributed by atoms with van der Waals surface area (Å²) in [6.45, 7) is 3.29. The number of hydrogen-bond donors (Lipinski definition) is 2. The average Bonchev–Trinajstić information content (AvgIpc) is 2.81. The van der Waals surface area contributed by atoms with Crippen molar-refractivity contribution in [1.82, 2.24) is 10.3 Å². The third kappa shape index (κ3) is 3.15. The number of hydrogen-bond acceptors (Lipinski definition) is 2. The van der Waals surface area contributed by atoms with Gasteiger partial charge in [-0.15, -0.1) is 11.8 Å². The van der Waals surface area contributed by atoms with Crippen LogP contribution < -0.4 is 5.32 Å². The van der Waals surface area contributed by atoms with Crippen LogP contribution in [0.2, 0.25) is 0 Å². The first-order valence-corrected chi connectivity index (χ1v) is 8.21. The Labute approximate surface area is 119 Å². The number of nitrogens with one attached hydrogen (secondary N) is 2. The third-order valence-corrected chi connectivity index (χ3v) is 5.15. The molecule has 0 radical (unpaired) electrons. The fourth-order valence-electron chi connectivity index (χ4n) is 3.02. The Morgan fingerprint density at radius 2 is 2.21 bits per heavy atom. The van der Waals surface area contributed by atoms with Crippen LogP contribution in [0.1, 0.15) is 32.6 Å². The van der Waals surface area contributed by atoms with Gasteiger partial charge in [0.25, 0.3) is 0 Å². The molecular weight excluding hydrogens is 252 g/mol. The van der Waals surface area contributed by atoms with Crippen LogP contribution >= 0.6 is 11.8 Å².